The van der Waals surface area contributed by atoms with Crippen molar-refractivity contribution in [1.82, 2.24) is 10.2 Å². The molecule has 2 amide bonds. The number of carboxylic acids is 1. The Bertz CT molecular complexity index is 578. The molecule has 6 nitrogen and oxygen atoms in total. The maximum Gasteiger partial charge on any atom is 0.307 e. The highest BCUT2D eigenvalue weighted by molar-refractivity contribution is 7.08. The summed E-state index contributed by atoms with van der Waals surface area (Å²) in [5, 5.41) is 15.6. The van der Waals surface area contributed by atoms with Gasteiger partial charge in [-0.3, -0.25) is 14.4 Å². The van der Waals surface area contributed by atoms with E-state index in [9.17, 15) is 14.4 Å². The van der Waals surface area contributed by atoms with Gasteiger partial charge >= 0.3 is 5.97 Å². The Morgan fingerprint density at radius 3 is 2.50 bits per heavy atom. The highest BCUT2D eigenvalue weighted by Gasteiger charge is 2.50. The van der Waals surface area contributed by atoms with E-state index in [0.29, 0.717) is 37.9 Å². The second kappa shape index (κ2) is 6.08. The van der Waals surface area contributed by atoms with Crippen LogP contribution in [0.3, 0.4) is 0 Å². The predicted molar refractivity (Wildman–Crippen MR) is 80.6 cm³/mol. The topological polar surface area (TPSA) is 86.7 Å². The maximum absolute atomic E-state index is 12.2. The van der Waals surface area contributed by atoms with E-state index in [2.05, 4.69) is 5.32 Å². The fourth-order valence-corrected chi connectivity index (χ4v) is 3.52. The highest BCUT2D eigenvalue weighted by Crippen LogP contribution is 2.40. The van der Waals surface area contributed by atoms with E-state index in [1.165, 1.54) is 11.3 Å². The maximum atomic E-state index is 12.2. The minimum absolute atomic E-state index is 0.0463. The number of carbonyl (C=O) groups is 3. The average molecular weight is 322 g/mol. The van der Waals surface area contributed by atoms with Crippen LogP contribution >= 0.6 is 11.3 Å². The third-order valence-electron chi connectivity index (χ3n) is 4.35. The molecular formula is C15H18N2O4S. The molecule has 2 atom stereocenters. The zero-order valence-corrected chi connectivity index (χ0v) is 12.8. The molecule has 1 saturated heterocycles. The Morgan fingerprint density at radius 2 is 1.95 bits per heavy atom. The monoisotopic (exact) mass is 322 g/mol. The molecule has 22 heavy (non-hydrogen) atoms. The largest absolute Gasteiger partial charge is 0.481 e. The molecule has 118 valence electrons. The normalized spacial score (nSPS) is 24.8. The average Bonchev–Trinajstić information content (AvgIpc) is 3.13. The number of hydrogen-bond donors (Lipinski definition) is 2. The van der Waals surface area contributed by atoms with Gasteiger partial charge < -0.3 is 15.3 Å². The number of nitrogens with one attached hydrogen (secondary N) is 1. The molecule has 2 heterocycles. The molecule has 0 spiro atoms. The van der Waals surface area contributed by atoms with E-state index in [0.717, 1.165) is 0 Å². The number of hydrogen-bond acceptors (Lipinski definition) is 4. The van der Waals surface area contributed by atoms with E-state index in [4.69, 9.17) is 5.11 Å². The van der Waals surface area contributed by atoms with Crippen molar-refractivity contribution < 1.29 is 19.5 Å². The molecule has 0 radical (unpaired) electrons. The molecular weight excluding hydrogens is 304 g/mol. The molecule has 7 heteroatoms. The van der Waals surface area contributed by atoms with E-state index < -0.39 is 11.9 Å². The van der Waals surface area contributed by atoms with Crippen molar-refractivity contribution in [2.45, 2.75) is 25.3 Å². The summed E-state index contributed by atoms with van der Waals surface area (Å²) in [7, 11) is 0. The van der Waals surface area contributed by atoms with Crippen LogP contribution in [0, 0.1) is 11.8 Å². The van der Waals surface area contributed by atoms with Crippen molar-refractivity contribution in [2.75, 3.05) is 13.1 Å². The van der Waals surface area contributed by atoms with Gasteiger partial charge in [0.15, 0.2) is 0 Å². The van der Waals surface area contributed by atoms with E-state index in [-0.39, 0.29) is 23.8 Å². The van der Waals surface area contributed by atoms with Crippen LogP contribution in [0.1, 0.15) is 29.6 Å². The van der Waals surface area contributed by atoms with Crippen LogP contribution in [0.25, 0.3) is 0 Å². The van der Waals surface area contributed by atoms with Crippen LogP contribution in [-0.4, -0.2) is 46.9 Å². The molecule has 0 bridgehead atoms. The number of carboxylic acid groups (broad SMARTS) is 1. The minimum atomic E-state index is -0.878. The Balaban J connectivity index is 1.46. The van der Waals surface area contributed by atoms with Crippen molar-refractivity contribution in [2.24, 2.45) is 11.8 Å². The molecule has 2 fully saturated rings. The molecule has 2 N–H and O–H groups in total. The third kappa shape index (κ3) is 3.14. The van der Waals surface area contributed by atoms with Gasteiger partial charge in [0.25, 0.3) is 5.91 Å². The summed E-state index contributed by atoms with van der Waals surface area (Å²) in [5.74, 6) is -1.83. The van der Waals surface area contributed by atoms with Crippen LogP contribution in [-0.2, 0) is 9.59 Å². The van der Waals surface area contributed by atoms with Crippen molar-refractivity contribution >= 4 is 29.1 Å². The number of likely N-dealkylation sites (tertiary alicyclic amines) is 1. The SMILES string of the molecule is O=C(NC1CCN(C(=O)C2CC2C(=O)O)CC1)c1ccsc1. The summed E-state index contributed by atoms with van der Waals surface area (Å²) in [6.07, 6.45) is 1.89. The Hall–Kier alpha value is -1.89. The molecule has 2 aliphatic rings. The van der Waals surface area contributed by atoms with Crippen LogP contribution in [0.4, 0.5) is 0 Å². The molecule has 1 aliphatic heterocycles. The first-order valence-corrected chi connectivity index (χ1v) is 8.35. The highest BCUT2D eigenvalue weighted by atomic mass is 32.1. The molecule has 1 aromatic heterocycles. The fourth-order valence-electron chi connectivity index (χ4n) is 2.88. The summed E-state index contributed by atoms with van der Waals surface area (Å²) < 4.78 is 0. The van der Waals surface area contributed by atoms with Crippen LogP contribution in [0.15, 0.2) is 16.8 Å². The molecule has 1 saturated carbocycles. The van der Waals surface area contributed by atoms with E-state index in [1.807, 2.05) is 10.8 Å². The van der Waals surface area contributed by atoms with Crippen molar-refractivity contribution in [1.29, 1.82) is 0 Å². The summed E-state index contributed by atoms with van der Waals surface area (Å²) in [5.41, 5.74) is 0.672. The zero-order valence-electron chi connectivity index (χ0n) is 12.0. The first-order chi connectivity index (χ1) is 10.6. The lowest BCUT2D eigenvalue weighted by molar-refractivity contribution is -0.142. The van der Waals surface area contributed by atoms with Gasteiger partial charge in [0.2, 0.25) is 5.91 Å². The van der Waals surface area contributed by atoms with E-state index in [1.54, 1.807) is 11.0 Å². The smallest absolute Gasteiger partial charge is 0.307 e. The van der Waals surface area contributed by atoms with Gasteiger partial charge in [-0.25, -0.2) is 0 Å². The van der Waals surface area contributed by atoms with E-state index >= 15 is 0 Å². The number of thiophene rings is 1. The second-order valence-corrected chi connectivity index (χ2v) is 6.65. The number of amides is 2. The second-order valence-electron chi connectivity index (χ2n) is 5.87. The Labute approximate surface area is 132 Å². The van der Waals surface area contributed by atoms with Crippen LogP contribution in [0.5, 0.6) is 0 Å². The number of piperidine rings is 1. The van der Waals surface area contributed by atoms with Crippen molar-refractivity contribution in [3.63, 3.8) is 0 Å². The summed E-state index contributed by atoms with van der Waals surface area (Å²) in [6.45, 7) is 1.16. The Morgan fingerprint density at radius 1 is 1.23 bits per heavy atom. The number of aliphatic carboxylic acids is 1. The molecule has 2 unspecified atom stereocenters. The van der Waals surface area contributed by atoms with Crippen molar-refractivity contribution in [3.05, 3.63) is 22.4 Å². The predicted octanol–water partition coefficient (Wildman–Crippen LogP) is 1.19. The lowest BCUT2D eigenvalue weighted by atomic mass is 10.0. The van der Waals surface area contributed by atoms with Gasteiger partial charge in [-0.2, -0.15) is 11.3 Å². The lowest BCUT2D eigenvalue weighted by Gasteiger charge is -2.32. The Kier molecular flexibility index (Phi) is 4.15. The summed E-state index contributed by atoms with van der Waals surface area (Å²) >= 11 is 1.49. The molecule has 1 aromatic rings. The van der Waals surface area contributed by atoms with Crippen molar-refractivity contribution in [3.8, 4) is 0 Å². The van der Waals surface area contributed by atoms with Gasteiger partial charge in [0.1, 0.15) is 0 Å². The molecule has 0 aromatic carbocycles. The lowest BCUT2D eigenvalue weighted by Crippen LogP contribution is -2.47. The quantitative estimate of drug-likeness (QED) is 0.872. The van der Waals surface area contributed by atoms with Gasteiger partial charge in [0.05, 0.1) is 11.8 Å². The first kappa shape index (κ1) is 15.0. The van der Waals surface area contributed by atoms with Gasteiger partial charge in [-0.05, 0) is 30.7 Å². The van der Waals surface area contributed by atoms with Gasteiger partial charge in [-0.15, -0.1) is 0 Å². The number of rotatable bonds is 4. The third-order valence-corrected chi connectivity index (χ3v) is 5.03. The van der Waals surface area contributed by atoms with Crippen LogP contribution in [0.2, 0.25) is 0 Å². The number of carbonyl (C=O) groups excluding carboxylic acids is 2. The minimum Gasteiger partial charge on any atom is -0.481 e. The zero-order chi connectivity index (χ0) is 15.7. The summed E-state index contributed by atoms with van der Waals surface area (Å²) in [4.78, 5) is 36.7. The molecule has 1 aliphatic carbocycles. The standard InChI is InChI=1S/C15H18N2O4S/c18-13(9-3-6-22-8-9)16-10-1-4-17(5-2-10)14(19)11-7-12(11)15(20)21/h3,6,8,10-12H,1-2,4-5,7H2,(H,16,18)(H,20,21). The molecule has 3 rings (SSSR count). The fraction of sp³-hybridized carbons (Fsp3) is 0.533. The first-order valence-electron chi connectivity index (χ1n) is 7.41. The van der Waals surface area contributed by atoms with Gasteiger partial charge in [0, 0.05) is 30.1 Å². The summed E-state index contributed by atoms with van der Waals surface area (Å²) in [6, 6.07) is 1.86. The van der Waals surface area contributed by atoms with Crippen LogP contribution < -0.4 is 5.32 Å². The number of nitrogens with zero attached hydrogens (tertiary/aromatic N) is 1. The van der Waals surface area contributed by atoms with Gasteiger partial charge in [-0.1, -0.05) is 0 Å².